The number of hydrogen-bond acceptors (Lipinski definition) is 6. The smallest absolute Gasteiger partial charge is 0.284 e. The number of carbonyl (C=O) groups is 1. The number of rotatable bonds is 6. The van der Waals surface area contributed by atoms with Crippen molar-refractivity contribution >= 4 is 45.1 Å². The van der Waals surface area contributed by atoms with Crippen LogP contribution < -0.4 is 5.56 Å². The second-order valence-electron chi connectivity index (χ2n) is 9.91. The molecule has 1 amide bonds. The van der Waals surface area contributed by atoms with Gasteiger partial charge in [0.05, 0.1) is 12.2 Å². The van der Waals surface area contributed by atoms with E-state index in [1.165, 1.54) is 11.0 Å². The number of amides is 1. The van der Waals surface area contributed by atoms with Crippen LogP contribution in [0, 0.1) is 0 Å². The van der Waals surface area contributed by atoms with Crippen molar-refractivity contribution in [1.29, 1.82) is 0 Å². The van der Waals surface area contributed by atoms with Crippen molar-refractivity contribution in [2.75, 3.05) is 13.1 Å². The molecule has 6 rings (SSSR count). The number of pyridine rings is 2. The third-order valence-electron chi connectivity index (χ3n) is 7.25. The summed E-state index contributed by atoms with van der Waals surface area (Å²) < 4.78 is 3.08. The van der Waals surface area contributed by atoms with E-state index in [0.29, 0.717) is 28.3 Å². The Kier molecular flexibility index (Phi) is 7.15. The maximum Gasteiger partial charge on any atom is 0.284 e. The molecule has 9 nitrogen and oxygen atoms in total. The van der Waals surface area contributed by atoms with Crippen LogP contribution in [0.25, 0.3) is 33.1 Å². The third-order valence-corrected chi connectivity index (χ3v) is 7.48. The predicted molar refractivity (Wildman–Crippen MR) is 155 cm³/mol. The molecule has 1 fully saturated rings. The van der Waals surface area contributed by atoms with Crippen LogP contribution in [0.15, 0.2) is 87.9 Å². The van der Waals surface area contributed by atoms with Gasteiger partial charge in [-0.15, -0.1) is 10.2 Å². The summed E-state index contributed by atoms with van der Waals surface area (Å²) in [4.78, 5) is 33.2. The number of aromatic hydroxyl groups is 1. The summed E-state index contributed by atoms with van der Waals surface area (Å²) in [5.41, 5.74) is 2.13. The van der Waals surface area contributed by atoms with Crippen LogP contribution in [0.5, 0.6) is 5.88 Å². The molecule has 0 unspecified atom stereocenters. The van der Waals surface area contributed by atoms with Crippen molar-refractivity contribution in [3.63, 3.8) is 0 Å². The van der Waals surface area contributed by atoms with Crippen LogP contribution >= 0.6 is 11.6 Å². The first-order valence-corrected chi connectivity index (χ1v) is 13.6. The van der Waals surface area contributed by atoms with Gasteiger partial charge in [-0.05, 0) is 67.9 Å². The summed E-state index contributed by atoms with van der Waals surface area (Å²) in [5, 5.41) is 21.0. The van der Waals surface area contributed by atoms with Crippen molar-refractivity contribution in [3.8, 4) is 17.0 Å². The van der Waals surface area contributed by atoms with E-state index < -0.39 is 5.91 Å². The number of carbonyl (C=O) groups excluding carboxylic acids is 1. The zero-order valence-corrected chi connectivity index (χ0v) is 22.5. The summed E-state index contributed by atoms with van der Waals surface area (Å²) >= 11 is 6.27. The van der Waals surface area contributed by atoms with E-state index in [1.807, 2.05) is 42.5 Å². The number of fused-ring (bicyclic) bond motifs is 2. The summed E-state index contributed by atoms with van der Waals surface area (Å²) in [6.07, 6.45) is 5.00. The van der Waals surface area contributed by atoms with Crippen molar-refractivity contribution in [2.24, 2.45) is 10.2 Å². The fourth-order valence-electron chi connectivity index (χ4n) is 5.29. The zero-order chi connectivity index (χ0) is 27.6. The van der Waals surface area contributed by atoms with Gasteiger partial charge in [-0.25, -0.2) is 4.98 Å². The van der Waals surface area contributed by atoms with Gasteiger partial charge in [0.1, 0.15) is 12.2 Å². The van der Waals surface area contributed by atoms with Gasteiger partial charge >= 0.3 is 0 Å². The van der Waals surface area contributed by atoms with Crippen LogP contribution in [0.4, 0.5) is 5.69 Å². The Morgan fingerprint density at radius 1 is 0.975 bits per heavy atom. The molecule has 1 N–H and O–H groups in total. The summed E-state index contributed by atoms with van der Waals surface area (Å²) in [7, 11) is 0. The Labute approximate surface area is 235 Å². The molecule has 0 radical (unpaired) electrons. The molecule has 0 bridgehead atoms. The molecule has 40 heavy (non-hydrogen) atoms. The molecule has 4 heterocycles. The maximum atomic E-state index is 13.5. The average Bonchev–Trinajstić information content (AvgIpc) is 3.23. The van der Waals surface area contributed by atoms with E-state index in [9.17, 15) is 14.7 Å². The second kappa shape index (κ2) is 11.0. The van der Waals surface area contributed by atoms with Gasteiger partial charge < -0.3 is 5.11 Å². The fourth-order valence-corrected chi connectivity index (χ4v) is 5.46. The summed E-state index contributed by atoms with van der Waals surface area (Å²) in [6.45, 7) is 2.03. The average molecular weight is 555 g/mol. The van der Waals surface area contributed by atoms with E-state index in [0.717, 1.165) is 42.4 Å². The van der Waals surface area contributed by atoms with E-state index in [2.05, 4.69) is 20.1 Å². The quantitative estimate of drug-likeness (QED) is 0.254. The molecule has 0 aliphatic carbocycles. The molecule has 202 valence electrons. The molecule has 5 aromatic rings. The van der Waals surface area contributed by atoms with E-state index in [4.69, 9.17) is 11.6 Å². The zero-order valence-electron chi connectivity index (χ0n) is 21.7. The lowest BCUT2D eigenvalue weighted by Gasteiger charge is -2.27. The van der Waals surface area contributed by atoms with Gasteiger partial charge in [0.2, 0.25) is 5.88 Å². The van der Waals surface area contributed by atoms with E-state index >= 15 is 0 Å². The van der Waals surface area contributed by atoms with Crippen molar-refractivity contribution in [1.82, 2.24) is 19.0 Å². The van der Waals surface area contributed by atoms with Gasteiger partial charge in [-0.2, -0.15) is 0 Å². The van der Waals surface area contributed by atoms with Gasteiger partial charge in [-0.3, -0.25) is 23.6 Å². The first kappa shape index (κ1) is 25.9. The van der Waals surface area contributed by atoms with Crippen molar-refractivity contribution < 1.29 is 9.90 Å². The Hall–Kier alpha value is -4.34. The minimum Gasteiger partial charge on any atom is -0.493 e. The Morgan fingerprint density at radius 2 is 1.77 bits per heavy atom. The molecule has 0 saturated carbocycles. The molecular weight excluding hydrogens is 528 g/mol. The highest BCUT2D eigenvalue weighted by Crippen LogP contribution is 2.40. The minimum absolute atomic E-state index is 0.0882. The topological polar surface area (TPSA) is 105 Å². The second-order valence-corrected chi connectivity index (χ2v) is 10.3. The number of piperidine rings is 1. The SMILES string of the molecule is O=C(Cn1c(=O)c(-c2ccccc2)cc2cccnc21)N=Nc1c(O)n(CN2CCCCC2)c2ccc(Cl)cc12. The molecule has 0 spiro atoms. The van der Waals surface area contributed by atoms with Crippen LogP contribution in [-0.4, -0.2) is 43.1 Å². The lowest BCUT2D eigenvalue weighted by molar-refractivity contribution is -0.118. The highest BCUT2D eigenvalue weighted by molar-refractivity contribution is 6.31. The number of likely N-dealkylation sites (tertiary alicyclic amines) is 1. The lowest BCUT2D eigenvalue weighted by Crippen LogP contribution is -2.31. The third kappa shape index (κ3) is 5.01. The first-order chi connectivity index (χ1) is 19.5. The first-order valence-electron chi connectivity index (χ1n) is 13.2. The summed E-state index contributed by atoms with van der Waals surface area (Å²) in [5.74, 6) is -0.743. The number of nitrogens with zero attached hydrogens (tertiary/aromatic N) is 6. The molecular formula is C30H27ClN6O3. The van der Waals surface area contributed by atoms with Gasteiger partial charge in [0, 0.05) is 27.6 Å². The molecule has 1 aliphatic rings. The minimum atomic E-state index is -0.655. The van der Waals surface area contributed by atoms with Gasteiger partial charge in [-0.1, -0.05) is 48.4 Å². The molecule has 1 saturated heterocycles. The molecule has 1 aliphatic heterocycles. The number of azo groups is 1. The normalized spacial score (nSPS) is 14.4. The Bertz CT molecular complexity index is 1810. The number of aromatic nitrogens is 3. The standard InChI is InChI=1S/C30H27ClN6O3/c31-22-11-12-25-24(17-22)27(30(40)37(25)19-35-14-5-2-6-15-35)34-33-26(38)18-36-28-21(10-7-13-32-28)16-23(29(36)39)20-8-3-1-4-9-20/h1,3-4,7-13,16-17,40H,2,5-6,14-15,18-19H2. The van der Waals surface area contributed by atoms with Crippen LogP contribution in [0.2, 0.25) is 5.02 Å². The molecule has 10 heteroatoms. The van der Waals surface area contributed by atoms with Crippen LogP contribution in [0.1, 0.15) is 19.3 Å². The van der Waals surface area contributed by atoms with E-state index in [-0.39, 0.29) is 23.7 Å². The van der Waals surface area contributed by atoms with Gasteiger partial charge in [0.15, 0.2) is 5.69 Å². The van der Waals surface area contributed by atoms with Crippen LogP contribution in [0.3, 0.4) is 0 Å². The monoisotopic (exact) mass is 554 g/mol. The number of hydrogen-bond donors (Lipinski definition) is 1. The van der Waals surface area contributed by atoms with Crippen molar-refractivity contribution in [2.45, 2.75) is 32.5 Å². The predicted octanol–water partition coefficient (Wildman–Crippen LogP) is 6.13. The molecule has 2 aromatic carbocycles. The number of halogens is 1. The Morgan fingerprint density at radius 3 is 2.58 bits per heavy atom. The largest absolute Gasteiger partial charge is 0.493 e. The summed E-state index contributed by atoms with van der Waals surface area (Å²) in [6, 6.07) is 20.0. The highest BCUT2D eigenvalue weighted by Gasteiger charge is 2.21. The Balaban J connectivity index is 1.35. The maximum absolute atomic E-state index is 13.5. The molecule has 3 aromatic heterocycles. The lowest BCUT2D eigenvalue weighted by atomic mass is 10.1. The van der Waals surface area contributed by atoms with Gasteiger partial charge in [0.25, 0.3) is 11.5 Å². The van der Waals surface area contributed by atoms with E-state index in [1.54, 1.807) is 35.0 Å². The number of benzene rings is 2. The van der Waals surface area contributed by atoms with Crippen molar-refractivity contribution in [3.05, 3.63) is 88.3 Å². The molecule has 0 atom stereocenters. The highest BCUT2D eigenvalue weighted by atomic mass is 35.5. The van der Waals surface area contributed by atoms with Crippen LogP contribution in [-0.2, 0) is 18.0 Å². The fraction of sp³-hybridized carbons (Fsp3) is 0.233.